The van der Waals surface area contributed by atoms with Crippen molar-refractivity contribution in [3.63, 3.8) is 0 Å². The summed E-state index contributed by atoms with van der Waals surface area (Å²) < 4.78 is 0. The summed E-state index contributed by atoms with van der Waals surface area (Å²) in [7, 11) is 0. The lowest BCUT2D eigenvalue weighted by atomic mass is 10.1. The highest BCUT2D eigenvalue weighted by Gasteiger charge is 2.16. The zero-order valence-electron chi connectivity index (χ0n) is 11.2. The van der Waals surface area contributed by atoms with Gasteiger partial charge in [0.2, 0.25) is 0 Å². The maximum atomic E-state index is 11.8. The molecule has 0 atom stereocenters. The number of anilines is 1. The minimum atomic E-state index is -0.147. The van der Waals surface area contributed by atoms with Crippen molar-refractivity contribution >= 4 is 17.5 Å². The third kappa shape index (κ3) is 4.39. The second-order valence-electron chi connectivity index (χ2n) is 5.16. The van der Waals surface area contributed by atoms with Crippen LogP contribution in [-0.4, -0.2) is 17.9 Å². The fourth-order valence-electron chi connectivity index (χ4n) is 2.42. The average Bonchev–Trinajstić information content (AvgIpc) is 2.83. The van der Waals surface area contributed by atoms with E-state index in [0.29, 0.717) is 12.5 Å². The first-order valence-corrected chi connectivity index (χ1v) is 6.79. The van der Waals surface area contributed by atoms with Gasteiger partial charge in [-0.05, 0) is 37.5 Å². The highest BCUT2D eigenvalue weighted by Crippen LogP contribution is 2.18. The SMILES string of the molecule is CC(=O)Cc1ccc(NC(=O)NC2CCCC2)cc1. The van der Waals surface area contributed by atoms with E-state index in [2.05, 4.69) is 10.6 Å². The number of rotatable bonds is 4. The molecule has 0 bridgehead atoms. The van der Waals surface area contributed by atoms with E-state index < -0.39 is 0 Å². The Kier molecular flexibility index (Phi) is 4.55. The highest BCUT2D eigenvalue weighted by atomic mass is 16.2. The van der Waals surface area contributed by atoms with Gasteiger partial charge in [-0.2, -0.15) is 0 Å². The number of Topliss-reactive ketones (excluding diaryl/α,β-unsaturated/α-hetero) is 1. The maximum absolute atomic E-state index is 11.8. The predicted octanol–water partition coefficient (Wildman–Crippen LogP) is 2.88. The first-order valence-electron chi connectivity index (χ1n) is 6.79. The van der Waals surface area contributed by atoms with E-state index in [1.54, 1.807) is 6.92 Å². The smallest absolute Gasteiger partial charge is 0.319 e. The normalized spacial score (nSPS) is 15.2. The van der Waals surface area contributed by atoms with Crippen molar-refractivity contribution in [1.82, 2.24) is 5.32 Å². The molecular formula is C15H20N2O2. The van der Waals surface area contributed by atoms with Gasteiger partial charge < -0.3 is 10.6 Å². The van der Waals surface area contributed by atoms with Crippen molar-refractivity contribution in [3.8, 4) is 0 Å². The van der Waals surface area contributed by atoms with Gasteiger partial charge in [0, 0.05) is 18.2 Å². The van der Waals surface area contributed by atoms with Crippen LogP contribution in [0.2, 0.25) is 0 Å². The van der Waals surface area contributed by atoms with Gasteiger partial charge in [-0.3, -0.25) is 4.79 Å². The number of urea groups is 1. The summed E-state index contributed by atoms with van der Waals surface area (Å²) >= 11 is 0. The van der Waals surface area contributed by atoms with Crippen molar-refractivity contribution in [2.75, 3.05) is 5.32 Å². The standard InChI is InChI=1S/C15H20N2O2/c1-11(18)10-12-6-8-14(9-7-12)17-15(19)16-13-4-2-3-5-13/h6-9,13H,2-5,10H2,1H3,(H2,16,17,19). The fraction of sp³-hybridized carbons (Fsp3) is 0.467. The number of amides is 2. The van der Waals surface area contributed by atoms with Crippen LogP contribution in [0.15, 0.2) is 24.3 Å². The average molecular weight is 260 g/mol. The number of nitrogens with one attached hydrogen (secondary N) is 2. The number of hydrogen-bond donors (Lipinski definition) is 2. The first kappa shape index (κ1) is 13.6. The van der Waals surface area contributed by atoms with Crippen molar-refractivity contribution < 1.29 is 9.59 Å². The lowest BCUT2D eigenvalue weighted by molar-refractivity contribution is -0.116. The topological polar surface area (TPSA) is 58.2 Å². The van der Waals surface area contributed by atoms with Crippen molar-refractivity contribution in [3.05, 3.63) is 29.8 Å². The molecule has 0 unspecified atom stereocenters. The van der Waals surface area contributed by atoms with Gasteiger partial charge in [-0.15, -0.1) is 0 Å². The molecule has 102 valence electrons. The molecule has 19 heavy (non-hydrogen) atoms. The second kappa shape index (κ2) is 6.36. The molecule has 1 saturated carbocycles. The van der Waals surface area contributed by atoms with Gasteiger partial charge in [-0.25, -0.2) is 4.79 Å². The molecule has 0 aliphatic heterocycles. The third-order valence-corrected chi connectivity index (χ3v) is 3.36. The van der Waals surface area contributed by atoms with Gasteiger partial charge >= 0.3 is 6.03 Å². The van der Waals surface area contributed by atoms with Crippen LogP contribution in [0.1, 0.15) is 38.2 Å². The molecule has 0 aromatic heterocycles. The molecule has 0 saturated heterocycles. The van der Waals surface area contributed by atoms with Crippen LogP contribution in [-0.2, 0) is 11.2 Å². The molecule has 0 spiro atoms. The van der Waals surface area contributed by atoms with E-state index in [0.717, 1.165) is 24.1 Å². The fourth-order valence-corrected chi connectivity index (χ4v) is 2.42. The van der Waals surface area contributed by atoms with Crippen LogP contribution < -0.4 is 10.6 Å². The van der Waals surface area contributed by atoms with Crippen molar-refractivity contribution in [2.45, 2.75) is 45.1 Å². The molecule has 2 amide bonds. The van der Waals surface area contributed by atoms with E-state index in [4.69, 9.17) is 0 Å². The first-order chi connectivity index (χ1) is 9.13. The minimum absolute atomic E-state index is 0.139. The minimum Gasteiger partial charge on any atom is -0.335 e. The van der Waals surface area contributed by atoms with E-state index in [-0.39, 0.29) is 11.8 Å². The van der Waals surface area contributed by atoms with E-state index >= 15 is 0 Å². The van der Waals surface area contributed by atoms with Crippen molar-refractivity contribution in [2.24, 2.45) is 0 Å². The van der Waals surface area contributed by atoms with Gasteiger partial charge in [0.25, 0.3) is 0 Å². The molecule has 0 heterocycles. The summed E-state index contributed by atoms with van der Waals surface area (Å²) in [6, 6.07) is 7.56. The molecule has 0 radical (unpaired) electrons. The number of benzene rings is 1. The summed E-state index contributed by atoms with van der Waals surface area (Å²) in [5, 5.41) is 5.78. The van der Waals surface area contributed by atoms with Crippen LogP contribution in [0.25, 0.3) is 0 Å². The van der Waals surface area contributed by atoms with Crippen LogP contribution in [0, 0.1) is 0 Å². The molecular weight excluding hydrogens is 240 g/mol. The van der Waals surface area contributed by atoms with E-state index in [1.165, 1.54) is 12.8 Å². The van der Waals surface area contributed by atoms with Crippen molar-refractivity contribution in [1.29, 1.82) is 0 Å². The molecule has 4 nitrogen and oxygen atoms in total. The predicted molar refractivity (Wildman–Crippen MR) is 75.2 cm³/mol. The Balaban J connectivity index is 1.84. The Morgan fingerprint density at radius 2 is 1.79 bits per heavy atom. The molecule has 4 heteroatoms. The Bertz CT molecular complexity index is 448. The van der Waals surface area contributed by atoms with E-state index in [1.807, 2.05) is 24.3 Å². The summed E-state index contributed by atoms with van der Waals surface area (Å²) in [5.41, 5.74) is 1.72. The lowest BCUT2D eigenvalue weighted by Crippen LogP contribution is -2.36. The number of ketones is 1. The Morgan fingerprint density at radius 3 is 2.37 bits per heavy atom. The molecule has 2 rings (SSSR count). The number of carbonyl (C=O) groups is 2. The van der Waals surface area contributed by atoms with Gasteiger partial charge in [-0.1, -0.05) is 25.0 Å². The van der Waals surface area contributed by atoms with Crippen LogP contribution >= 0.6 is 0 Å². The quantitative estimate of drug-likeness (QED) is 0.874. The Labute approximate surface area is 113 Å². The van der Waals surface area contributed by atoms with Gasteiger partial charge in [0.15, 0.2) is 0 Å². The maximum Gasteiger partial charge on any atom is 0.319 e. The number of carbonyl (C=O) groups excluding carboxylic acids is 2. The lowest BCUT2D eigenvalue weighted by Gasteiger charge is -2.13. The second-order valence-corrected chi connectivity index (χ2v) is 5.16. The summed E-state index contributed by atoms with van der Waals surface area (Å²) in [5.74, 6) is 0.139. The van der Waals surface area contributed by atoms with Gasteiger partial charge in [0.05, 0.1) is 0 Å². The summed E-state index contributed by atoms with van der Waals surface area (Å²) in [6.45, 7) is 1.57. The molecule has 2 N–H and O–H groups in total. The molecule has 1 aliphatic rings. The highest BCUT2D eigenvalue weighted by molar-refractivity contribution is 5.89. The van der Waals surface area contributed by atoms with Crippen LogP contribution in [0.4, 0.5) is 10.5 Å². The Morgan fingerprint density at radius 1 is 1.16 bits per heavy atom. The molecule has 1 aromatic carbocycles. The zero-order valence-corrected chi connectivity index (χ0v) is 11.2. The van der Waals surface area contributed by atoms with Crippen LogP contribution in [0.3, 0.4) is 0 Å². The molecule has 1 fully saturated rings. The third-order valence-electron chi connectivity index (χ3n) is 3.36. The zero-order chi connectivity index (χ0) is 13.7. The Hall–Kier alpha value is -1.84. The van der Waals surface area contributed by atoms with E-state index in [9.17, 15) is 9.59 Å². The largest absolute Gasteiger partial charge is 0.335 e. The monoisotopic (exact) mass is 260 g/mol. The summed E-state index contributed by atoms with van der Waals surface area (Å²) in [4.78, 5) is 22.7. The van der Waals surface area contributed by atoms with Gasteiger partial charge in [0.1, 0.15) is 5.78 Å². The van der Waals surface area contributed by atoms with Crippen LogP contribution in [0.5, 0.6) is 0 Å². The summed E-state index contributed by atoms with van der Waals surface area (Å²) in [6.07, 6.45) is 4.99. The number of hydrogen-bond acceptors (Lipinski definition) is 2. The molecule has 1 aromatic rings. The molecule has 1 aliphatic carbocycles.